The first-order valence-corrected chi connectivity index (χ1v) is 10.6. The van der Waals surface area contributed by atoms with Crippen molar-refractivity contribution in [1.82, 2.24) is 0 Å². The topological polar surface area (TPSA) is 115 Å². The lowest BCUT2D eigenvalue weighted by Gasteiger charge is -2.19. The first-order valence-electron chi connectivity index (χ1n) is 10.6. The molecule has 0 aromatic heterocycles. The summed E-state index contributed by atoms with van der Waals surface area (Å²) < 4.78 is 0. The molecule has 0 atom stereocenters. The quantitative estimate of drug-likeness (QED) is 0.148. The lowest BCUT2D eigenvalue weighted by Crippen LogP contribution is -2.12. The highest BCUT2D eigenvalue weighted by molar-refractivity contribution is 6.42. The van der Waals surface area contributed by atoms with Gasteiger partial charge in [0.05, 0.1) is 0 Å². The fourth-order valence-electron chi connectivity index (χ4n) is 5.51. The molecule has 0 radical (unpaired) electrons. The van der Waals surface area contributed by atoms with E-state index in [9.17, 15) is 30.0 Å². The molecule has 0 spiro atoms. The predicted molar refractivity (Wildman–Crippen MR) is 133 cm³/mol. The van der Waals surface area contributed by atoms with E-state index in [0.29, 0.717) is 21.5 Å². The molecular formula is C28H14O6. The number of hydrogen-bond acceptors (Lipinski definition) is 6. The number of benzene rings is 7. The minimum Gasteiger partial charge on any atom is -0.504 e. The van der Waals surface area contributed by atoms with Crippen molar-refractivity contribution in [3.05, 3.63) is 81.1 Å². The minimum atomic E-state index is -1.04. The molecule has 7 rings (SSSR count). The van der Waals surface area contributed by atoms with Crippen molar-refractivity contribution in [3.8, 4) is 23.0 Å². The molecule has 6 heteroatoms. The van der Waals surface area contributed by atoms with Crippen molar-refractivity contribution < 1.29 is 20.4 Å². The molecule has 0 fully saturated rings. The molecule has 162 valence electrons. The van der Waals surface area contributed by atoms with E-state index in [1.807, 2.05) is 42.5 Å². The van der Waals surface area contributed by atoms with Crippen LogP contribution in [-0.4, -0.2) is 20.4 Å². The Bertz CT molecular complexity index is 2150. The fraction of sp³-hybridized carbons (Fsp3) is 0. The van der Waals surface area contributed by atoms with Crippen LogP contribution in [0.25, 0.3) is 64.6 Å². The second-order valence-electron chi connectivity index (χ2n) is 8.62. The van der Waals surface area contributed by atoms with Gasteiger partial charge in [0, 0.05) is 26.9 Å². The van der Waals surface area contributed by atoms with Gasteiger partial charge in [-0.25, -0.2) is 0 Å². The van der Waals surface area contributed by atoms with Crippen molar-refractivity contribution in [2.24, 2.45) is 0 Å². The summed E-state index contributed by atoms with van der Waals surface area (Å²) >= 11 is 0. The van der Waals surface area contributed by atoms with E-state index in [0.717, 1.165) is 21.5 Å². The second kappa shape index (κ2) is 5.94. The Kier molecular flexibility index (Phi) is 3.27. The minimum absolute atomic E-state index is 0.0691. The molecule has 0 amide bonds. The molecule has 4 N–H and O–H groups in total. The van der Waals surface area contributed by atoms with Crippen LogP contribution < -0.4 is 10.9 Å². The zero-order chi connectivity index (χ0) is 23.5. The van der Waals surface area contributed by atoms with Crippen molar-refractivity contribution >= 4 is 64.6 Å². The van der Waals surface area contributed by atoms with Crippen LogP contribution in [0.4, 0.5) is 0 Å². The van der Waals surface area contributed by atoms with Gasteiger partial charge in [-0.2, -0.15) is 0 Å². The number of phenolic OH excluding ortho intramolecular Hbond substituents is 4. The Hall–Kier alpha value is -4.84. The van der Waals surface area contributed by atoms with Crippen LogP contribution in [0.15, 0.2) is 70.3 Å². The van der Waals surface area contributed by atoms with Crippen LogP contribution in [0.3, 0.4) is 0 Å². The van der Waals surface area contributed by atoms with E-state index in [2.05, 4.69) is 0 Å². The third kappa shape index (κ3) is 2.01. The Morgan fingerprint density at radius 3 is 1.94 bits per heavy atom. The van der Waals surface area contributed by atoms with E-state index in [1.54, 1.807) is 12.1 Å². The van der Waals surface area contributed by atoms with Gasteiger partial charge in [-0.1, -0.05) is 42.5 Å². The first-order chi connectivity index (χ1) is 16.4. The van der Waals surface area contributed by atoms with Gasteiger partial charge in [-0.3, -0.25) is 9.59 Å². The summed E-state index contributed by atoms with van der Waals surface area (Å²) in [6.07, 6.45) is 0. The van der Waals surface area contributed by atoms with Gasteiger partial charge in [0.25, 0.3) is 0 Å². The Balaban J connectivity index is 2.04. The van der Waals surface area contributed by atoms with Crippen LogP contribution in [0.1, 0.15) is 0 Å². The summed E-state index contributed by atoms with van der Waals surface area (Å²) in [5, 5.41) is 48.2. The van der Waals surface area contributed by atoms with E-state index in [4.69, 9.17) is 0 Å². The monoisotopic (exact) mass is 446 g/mol. The van der Waals surface area contributed by atoms with Crippen LogP contribution in [0.5, 0.6) is 23.0 Å². The van der Waals surface area contributed by atoms with Gasteiger partial charge in [-0.05, 0) is 55.9 Å². The summed E-state index contributed by atoms with van der Waals surface area (Å²) in [5.74, 6) is -2.84. The molecule has 7 aromatic rings. The average Bonchev–Trinajstić information content (AvgIpc) is 2.85. The molecule has 0 aliphatic heterocycles. The van der Waals surface area contributed by atoms with Gasteiger partial charge in [0.1, 0.15) is 0 Å². The normalized spacial score (nSPS) is 12.2. The maximum Gasteiger partial charge on any atom is 0.232 e. The first kappa shape index (κ1) is 18.7. The van der Waals surface area contributed by atoms with E-state index < -0.39 is 28.1 Å². The molecule has 7 aromatic carbocycles. The largest absolute Gasteiger partial charge is 0.504 e. The molecule has 0 aliphatic rings. The van der Waals surface area contributed by atoms with Gasteiger partial charge >= 0.3 is 0 Å². The summed E-state index contributed by atoms with van der Waals surface area (Å²) in [4.78, 5) is 26.3. The second-order valence-corrected chi connectivity index (χ2v) is 8.62. The molecule has 6 nitrogen and oxygen atoms in total. The maximum absolute atomic E-state index is 13.3. The highest BCUT2D eigenvalue weighted by Gasteiger charge is 2.25. The van der Waals surface area contributed by atoms with Crippen molar-refractivity contribution in [1.29, 1.82) is 0 Å². The van der Waals surface area contributed by atoms with Crippen LogP contribution >= 0.6 is 0 Å². The summed E-state index contributed by atoms with van der Waals surface area (Å²) in [6, 6.07) is 18.2. The van der Waals surface area contributed by atoms with Crippen molar-refractivity contribution in [3.63, 3.8) is 0 Å². The Labute approximate surface area is 189 Å². The molecule has 0 aliphatic carbocycles. The summed E-state index contributed by atoms with van der Waals surface area (Å²) in [7, 11) is 0. The molecule has 0 unspecified atom stereocenters. The molecule has 0 bridgehead atoms. The predicted octanol–water partition coefficient (Wildman–Crippen LogP) is 5.02. The van der Waals surface area contributed by atoms with Gasteiger partial charge in [0.15, 0.2) is 11.5 Å². The number of phenols is 4. The number of aromatic hydroxyl groups is 4. The maximum atomic E-state index is 13.3. The lowest BCUT2D eigenvalue weighted by molar-refractivity contribution is 0.398. The van der Waals surface area contributed by atoms with Crippen molar-refractivity contribution in [2.75, 3.05) is 0 Å². The fourth-order valence-corrected chi connectivity index (χ4v) is 5.51. The molecule has 34 heavy (non-hydrogen) atoms. The van der Waals surface area contributed by atoms with Gasteiger partial charge < -0.3 is 20.4 Å². The van der Waals surface area contributed by atoms with Crippen LogP contribution in [0, 0.1) is 0 Å². The van der Waals surface area contributed by atoms with Crippen LogP contribution in [0.2, 0.25) is 0 Å². The van der Waals surface area contributed by atoms with Gasteiger partial charge in [-0.15, -0.1) is 0 Å². The number of hydrogen-bond donors (Lipinski definition) is 4. The lowest BCUT2D eigenvalue weighted by atomic mass is 9.84. The van der Waals surface area contributed by atoms with E-state index >= 15 is 0 Å². The third-order valence-electron chi connectivity index (χ3n) is 6.93. The van der Waals surface area contributed by atoms with Crippen molar-refractivity contribution in [2.45, 2.75) is 0 Å². The zero-order valence-electron chi connectivity index (χ0n) is 17.4. The summed E-state index contributed by atoms with van der Waals surface area (Å²) in [6.45, 7) is 0. The molecule has 0 heterocycles. The smallest absolute Gasteiger partial charge is 0.232 e. The standard InChI is InChI=1S/C28H14O6/c29-18-9-12-5-3-7-14-15-8-11-4-1-2-6-13(11)16-10-17-21(26(32)28(34)27(33)24(17)30)22(20(15)16)23(19(12)14)25(18)31/h1-10,29,31,33-34H. The number of fused-ring (bicyclic) bond motifs is 6. The van der Waals surface area contributed by atoms with Gasteiger partial charge in [0.2, 0.25) is 22.4 Å². The van der Waals surface area contributed by atoms with E-state index in [-0.39, 0.29) is 27.3 Å². The Morgan fingerprint density at radius 2 is 1.12 bits per heavy atom. The zero-order valence-corrected chi connectivity index (χ0v) is 17.4. The Morgan fingerprint density at radius 1 is 0.441 bits per heavy atom. The highest BCUT2D eigenvalue weighted by Crippen LogP contribution is 2.49. The van der Waals surface area contributed by atoms with Crippen LogP contribution in [-0.2, 0) is 0 Å². The summed E-state index contributed by atoms with van der Waals surface area (Å²) in [5.41, 5.74) is -1.80. The van der Waals surface area contributed by atoms with E-state index in [1.165, 1.54) is 6.07 Å². The third-order valence-corrected chi connectivity index (χ3v) is 6.93. The molecule has 0 saturated carbocycles. The molecule has 0 saturated heterocycles. The SMILES string of the molecule is O=c1c(O)c(O)c(=O)c2c1cc1c3ccccc3cc3c4cccc5cc(O)c(O)c(c54)c2c13. The average molecular weight is 446 g/mol. The highest BCUT2D eigenvalue weighted by atomic mass is 16.3. The molecular weight excluding hydrogens is 432 g/mol. The number of rotatable bonds is 0.